The van der Waals surface area contributed by atoms with Crippen molar-refractivity contribution in [3.05, 3.63) is 36.0 Å². The van der Waals surface area contributed by atoms with Gasteiger partial charge in [-0.05, 0) is 62.5 Å². The number of aliphatic hydroxyl groups is 1. The molecule has 2 aliphatic rings. The number of rotatable bonds is 6. The third-order valence-electron chi connectivity index (χ3n) is 7.98. The van der Waals surface area contributed by atoms with Gasteiger partial charge in [-0.2, -0.15) is 4.98 Å². The number of halogens is 2. The molecular weight excluding hydrogens is 480 g/mol. The zero-order valence-corrected chi connectivity index (χ0v) is 21.0. The van der Waals surface area contributed by atoms with Crippen LogP contribution in [-0.2, 0) is 4.79 Å². The van der Waals surface area contributed by atoms with Crippen molar-refractivity contribution in [1.82, 2.24) is 19.5 Å². The molecule has 2 atom stereocenters. The fraction of sp³-hybridized carbons (Fsp3) is 0.538. The van der Waals surface area contributed by atoms with Crippen LogP contribution in [0, 0.1) is 23.0 Å². The Hall–Kier alpha value is -3.34. The van der Waals surface area contributed by atoms with Crippen LogP contribution in [-0.4, -0.2) is 42.7 Å². The second-order valence-corrected chi connectivity index (χ2v) is 11.0. The molecule has 0 unspecified atom stereocenters. The molecule has 11 heteroatoms. The van der Waals surface area contributed by atoms with Crippen molar-refractivity contribution in [1.29, 1.82) is 0 Å². The number of nitrogens with two attached hydrogens (primary N) is 1. The van der Waals surface area contributed by atoms with Gasteiger partial charge in [0.2, 0.25) is 17.8 Å². The van der Waals surface area contributed by atoms with E-state index in [1.54, 1.807) is 6.20 Å². The summed E-state index contributed by atoms with van der Waals surface area (Å²) in [5, 5.41) is 16.7. The number of aromatic nitrogens is 4. The molecule has 5 N–H and O–H groups in total. The van der Waals surface area contributed by atoms with Gasteiger partial charge in [0.15, 0.2) is 5.65 Å². The van der Waals surface area contributed by atoms with E-state index in [0.29, 0.717) is 49.2 Å². The maximum absolute atomic E-state index is 14.5. The lowest BCUT2D eigenvalue weighted by molar-refractivity contribution is -0.122. The van der Waals surface area contributed by atoms with Crippen LogP contribution < -0.4 is 16.4 Å². The SMILES string of the molecule is CC1(C)CC[C@@H](Nc2ncc3nc(Nc4c(F)cccc4F)n([C@H]4CC[C@H](C(N)=O)CC4)c3n2)C[C@H]1O. The summed E-state index contributed by atoms with van der Waals surface area (Å²) in [6.07, 6.45) is 6.00. The number of imidazole rings is 1. The Labute approximate surface area is 213 Å². The van der Waals surface area contributed by atoms with E-state index >= 15 is 0 Å². The molecule has 2 fully saturated rings. The molecule has 5 rings (SSSR count). The smallest absolute Gasteiger partial charge is 0.224 e. The number of carbonyl (C=O) groups is 1. The molecule has 198 valence electrons. The van der Waals surface area contributed by atoms with E-state index in [4.69, 9.17) is 10.7 Å². The minimum Gasteiger partial charge on any atom is -0.392 e. The van der Waals surface area contributed by atoms with E-state index in [9.17, 15) is 18.7 Å². The summed E-state index contributed by atoms with van der Waals surface area (Å²) in [5.74, 6) is -1.32. The topological polar surface area (TPSA) is 131 Å². The summed E-state index contributed by atoms with van der Waals surface area (Å²) in [5.41, 5.74) is 6.10. The summed E-state index contributed by atoms with van der Waals surface area (Å²) in [4.78, 5) is 25.4. The number of amides is 1. The van der Waals surface area contributed by atoms with Crippen molar-refractivity contribution in [2.45, 2.75) is 77.0 Å². The highest BCUT2D eigenvalue weighted by atomic mass is 19.1. The van der Waals surface area contributed by atoms with Gasteiger partial charge in [0.1, 0.15) is 22.8 Å². The molecule has 37 heavy (non-hydrogen) atoms. The van der Waals surface area contributed by atoms with Gasteiger partial charge in [0.25, 0.3) is 0 Å². The predicted molar refractivity (Wildman–Crippen MR) is 136 cm³/mol. The minimum absolute atomic E-state index is 0.0213. The van der Waals surface area contributed by atoms with Gasteiger partial charge in [-0.15, -0.1) is 0 Å². The van der Waals surface area contributed by atoms with Gasteiger partial charge in [0.05, 0.1) is 12.3 Å². The quantitative estimate of drug-likeness (QED) is 0.384. The van der Waals surface area contributed by atoms with Crippen molar-refractivity contribution in [2.75, 3.05) is 10.6 Å². The van der Waals surface area contributed by atoms with Crippen molar-refractivity contribution in [3.8, 4) is 0 Å². The molecule has 0 spiro atoms. The zero-order chi connectivity index (χ0) is 26.3. The number of hydrogen-bond donors (Lipinski definition) is 4. The lowest BCUT2D eigenvalue weighted by Crippen LogP contribution is -2.41. The first-order chi connectivity index (χ1) is 17.6. The molecule has 0 saturated heterocycles. The first-order valence-corrected chi connectivity index (χ1v) is 12.8. The van der Waals surface area contributed by atoms with Gasteiger partial charge in [-0.1, -0.05) is 19.9 Å². The first-order valence-electron chi connectivity index (χ1n) is 12.8. The number of aliphatic hydroxyl groups excluding tert-OH is 1. The van der Waals surface area contributed by atoms with Crippen LogP contribution in [0.25, 0.3) is 11.2 Å². The van der Waals surface area contributed by atoms with Crippen LogP contribution in [0.3, 0.4) is 0 Å². The van der Waals surface area contributed by atoms with E-state index in [1.165, 1.54) is 18.2 Å². The van der Waals surface area contributed by atoms with Crippen LogP contribution >= 0.6 is 0 Å². The van der Waals surface area contributed by atoms with Crippen molar-refractivity contribution < 1.29 is 18.7 Å². The molecule has 2 aromatic heterocycles. The minimum atomic E-state index is -0.733. The average molecular weight is 514 g/mol. The molecule has 1 aromatic carbocycles. The highest BCUT2D eigenvalue weighted by Crippen LogP contribution is 2.38. The van der Waals surface area contributed by atoms with Crippen LogP contribution in [0.1, 0.15) is 64.8 Å². The number of carbonyl (C=O) groups excluding carboxylic acids is 1. The summed E-state index contributed by atoms with van der Waals surface area (Å²) < 4.78 is 30.8. The number of fused-ring (bicyclic) bond motifs is 1. The fourth-order valence-corrected chi connectivity index (χ4v) is 5.47. The Bertz CT molecular complexity index is 1280. The zero-order valence-electron chi connectivity index (χ0n) is 21.0. The number of hydrogen-bond acceptors (Lipinski definition) is 7. The van der Waals surface area contributed by atoms with Gasteiger partial charge < -0.3 is 21.5 Å². The normalized spacial score (nSPS) is 25.6. The Kier molecular flexibility index (Phi) is 6.74. The van der Waals surface area contributed by atoms with Crippen LogP contribution in [0.2, 0.25) is 0 Å². The third kappa shape index (κ3) is 5.09. The second kappa shape index (κ2) is 9.85. The molecular formula is C26H33F2N7O2. The van der Waals surface area contributed by atoms with Gasteiger partial charge >= 0.3 is 0 Å². The number of nitrogens with one attached hydrogen (secondary N) is 2. The molecule has 2 heterocycles. The summed E-state index contributed by atoms with van der Waals surface area (Å²) in [6.45, 7) is 4.13. The Balaban J connectivity index is 1.49. The van der Waals surface area contributed by atoms with Gasteiger partial charge in [0, 0.05) is 18.0 Å². The Morgan fingerprint density at radius 3 is 2.49 bits per heavy atom. The number of nitrogens with zero attached hydrogens (tertiary/aromatic N) is 4. The Morgan fingerprint density at radius 1 is 1.14 bits per heavy atom. The first kappa shape index (κ1) is 25.3. The number of primary amides is 1. The van der Waals surface area contributed by atoms with E-state index in [-0.39, 0.29) is 41.0 Å². The molecule has 0 radical (unpaired) electrons. The maximum Gasteiger partial charge on any atom is 0.224 e. The van der Waals surface area contributed by atoms with E-state index in [0.717, 1.165) is 12.8 Å². The van der Waals surface area contributed by atoms with Crippen LogP contribution in [0.4, 0.5) is 26.4 Å². The molecule has 3 aromatic rings. The highest BCUT2D eigenvalue weighted by molar-refractivity contribution is 5.78. The summed E-state index contributed by atoms with van der Waals surface area (Å²) in [6, 6.07) is 3.58. The fourth-order valence-electron chi connectivity index (χ4n) is 5.47. The Morgan fingerprint density at radius 2 is 1.84 bits per heavy atom. The van der Waals surface area contributed by atoms with Gasteiger partial charge in [-0.3, -0.25) is 9.36 Å². The van der Waals surface area contributed by atoms with Crippen LogP contribution in [0.15, 0.2) is 24.4 Å². The highest BCUT2D eigenvalue weighted by Gasteiger charge is 2.35. The number of benzene rings is 1. The molecule has 9 nitrogen and oxygen atoms in total. The summed E-state index contributed by atoms with van der Waals surface area (Å²) >= 11 is 0. The number of para-hydroxylation sites is 1. The van der Waals surface area contributed by atoms with Gasteiger partial charge in [-0.25, -0.2) is 18.7 Å². The molecule has 2 saturated carbocycles. The third-order valence-corrected chi connectivity index (χ3v) is 7.98. The van der Waals surface area contributed by atoms with E-state index in [1.807, 2.05) is 4.57 Å². The maximum atomic E-state index is 14.5. The molecule has 0 bridgehead atoms. The number of anilines is 3. The second-order valence-electron chi connectivity index (χ2n) is 11.0. The predicted octanol–water partition coefficient (Wildman–Crippen LogP) is 4.42. The lowest BCUT2D eigenvalue weighted by atomic mass is 9.73. The monoisotopic (exact) mass is 513 g/mol. The average Bonchev–Trinajstić information content (AvgIpc) is 3.21. The summed E-state index contributed by atoms with van der Waals surface area (Å²) in [7, 11) is 0. The van der Waals surface area contributed by atoms with Crippen molar-refractivity contribution >= 4 is 34.7 Å². The van der Waals surface area contributed by atoms with Crippen LogP contribution in [0.5, 0.6) is 0 Å². The molecule has 2 aliphatic carbocycles. The largest absolute Gasteiger partial charge is 0.392 e. The molecule has 0 aliphatic heterocycles. The molecule has 1 amide bonds. The van der Waals surface area contributed by atoms with Crippen molar-refractivity contribution in [3.63, 3.8) is 0 Å². The van der Waals surface area contributed by atoms with Crippen molar-refractivity contribution in [2.24, 2.45) is 17.1 Å². The standard InChI is InChI=1S/C26H33F2N7O2/c1-26(2)11-10-15(12-20(26)36)31-24-30-13-19-23(34-24)35(16-8-6-14(7-9-16)22(29)37)25(32-19)33-21-17(27)4-3-5-18(21)28/h3-5,13-16,20,36H,6-12H2,1-2H3,(H2,29,37)(H,32,33)(H,30,31,34)/t14-,15-,16-,20-/m1/s1. The van der Waals surface area contributed by atoms with E-state index < -0.39 is 17.7 Å². The van der Waals surface area contributed by atoms with E-state index in [2.05, 4.69) is 34.4 Å². The lowest BCUT2D eigenvalue weighted by Gasteiger charge is -2.39.